The van der Waals surface area contributed by atoms with Gasteiger partial charge in [0.1, 0.15) is 5.41 Å². The molecule has 1 atom stereocenters. The van der Waals surface area contributed by atoms with Gasteiger partial charge in [-0.3, -0.25) is 4.79 Å². The van der Waals surface area contributed by atoms with Gasteiger partial charge in [0, 0.05) is 3.57 Å². The van der Waals surface area contributed by atoms with Gasteiger partial charge in [-0.05, 0) is 84.7 Å². The smallest absolute Gasteiger partial charge is 0.321 e. The maximum atomic E-state index is 13.1. The molecule has 144 valence electrons. The van der Waals surface area contributed by atoms with E-state index in [0.717, 1.165) is 48.3 Å². The second-order valence-electron chi connectivity index (χ2n) is 7.13. The first kappa shape index (κ1) is 19.2. The summed E-state index contributed by atoms with van der Waals surface area (Å²) in [5, 5.41) is 6.99. The topological polar surface area (TPSA) is 41.9 Å². The van der Waals surface area contributed by atoms with E-state index in [1.54, 1.807) is 0 Å². The Hall–Kier alpha value is -2.15. The maximum Gasteiger partial charge on any atom is 0.321 e. The molecule has 0 radical (unpaired) electrons. The van der Waals surface area contributed by atoms with Crippen molar-refractivity contribution < 1.29 is 9.53 Å². The Morgan fingerprint density at radius 3 is 2.61 bits per heavy atom. The lowest BCUT2D eigenvalue weighted by atomic mass is 9.70. The molecule has 1 aliphatic heterocycles. The normalized spacial score (nSPS) is 21.4. The Morgan fingerprint density at radius 2 is 1.89 bits per heavy atom. The van der Waals surface area contributed by atoms with Crippen molar-refractivity contribution in [3.05, 3.63) is 69.8 Å². The Morgan fingerprint density at radius 1 is 1.14 bits per heavy atom. The van der Waals surface area contributed by atoms with Crippen LogP contribution >= 0.6 is 22.6 Å². The number of nitrogens with zero attached hydrogens (tertiary/aromatic N) is 2. The molecular weight excluding hydrogens is 463 g/mol. The summed E-state index contributed by atoms with van der Waals surface area (Å²) in [4.78, 5) is 13.1. The van der Waals surface area contributed by atoms with E-state index < -0.39 is 5.41 Å². The Kier molecular flexibility index (Phi) is 5.53. The van der Waals surface area contributed by atoms with Gasteiger partial charge in [0.25, 0.3) is 0 Å². The first-order chi connectivity index (χ1) is 13.6. The molecule has 1 saturated carbocycles. The molecule has 28 heavy (non-hydrogen) atoms. The number of carbonyl (C=O) groups excluding carboxylic acids is 1. The summed E-state index contributed by atoms with van der Waals surface area (Å²) in [6, 6.07) is 18.4. The maximum absolute atomic E-state index is 13.1. The zero-order valence-corrected chi connectivity index (χ0v) is 18.1. The number of esters is 1. The van der Waals surface area contributed by atoms with Crippen LogP contribution in [0, 0.1) is 8.99 Å². The van der Waals surface area contributed by atoms with Crippen LogP contribution in [-0.2, 0) is 9.53 Å². The Bertz CT molecular complexity index is 921. The van der Waals surface area contributed by atoms with E-state index in [4.69, 9.17) is 9.84 Å². The fourth-order valence-electron chi connectivity index (χ4n) is 3.96. The number of carbonyl (C=O) groups is 1. The molecule has 0 N–H and O–H groups in total. The van der Waals surface area contributed by atoms with Crippen LogP contribution in [0.5, 0.6) is 0 Å². The number of hydrogen-bond donors (Lipinski definition) is 0. The van der Waals surface area contributed by atoms with Gasteiger partial charge >= 0.3 is 5.97 Å². The average Bonchev–Trinajstić information content (AvgIpc) is 2.74. The average molecular weight is 486 g/mol. The van der Waals surface area contributed by atoms with Gasteiger partial charge in [0.05, 0.1) is 23.7 Å². The number of benzene rings is 2. The van der Waals surface area contributed by atoms with E-state index >= 15 is 0 Å². The lowest BCUT2D eigenvalue weighted by molar-refractivity contribution is -0.149. The summed E-state index contributed by atoms with van der Waals surface area (Å²) in [6.45, 7) is 2.24. The molecular formula is C23H23IN2O2. The Labute approximate surface area is 179 Å². The van der Waals surface area contributed by atoms with Crippen molar-refractivity contribution in [2.45, 2.75) is 32.6 Å². The number of anilines is 1. The molecule has 5 heteroatoms. The third kappa shape index (κ3) is 3.48. The predicted octanol–water partition coefficient (Wildman–Crippen LogP) is 5.63. The predicted molar refractivity (Wildman–Crippen MR) is 121 cm³/mol. The molecule has 1 unspecified atom stereocenters. The lowest BCUT2D eigenvalue weighted by Crippen LogP contribution is -2.45. The van der Waals surface area contributed by atoms with Crippen molar-refractivity contribution in [1.29, 1.82) is 0 Å². The molecule has 0 saturated heterocycles. The van der Waals surface area contributed by atoms with Crippen molar-refractivity contribution in [2.24, 2.45) is 10.5 Å². The van der Waals surface area contributed by atoms with E-state index in [9.17, 15) is 4.79 Å². The van der Waals surface area contributed by atoms with Gasteiger partial charge in [-0.25, -0.2) is 5.01 Å². The van der Waals surface area contributed by atoms with Gasteiger partial charge in [0.15, 0.2) is 0 Å². The molecule has 1 fully saturated rings. The molecule has 2 aliphatic rings. The molecule has 1 heterocycles. The van der Waals surface area contributed by atoms with E-state index in [2.05, 4.69) is 65.1 Å². The Balaban J connectivity index is 1.87. The summed E-state index contributed by atoms with van der Waals surface area (Å²) in [7, 11) is 0. The zero-order chi connectivity index (χ0) is 19.6. The lowest BCUT2D eigenvalue weighted by Gasteiger charge is -2.40. The van der Waals surface area contributed by atoms with Gasteiger partial charge in [-0.1, -0.05) is 36.8 Å². The summed E-state index contributed by atoms with van der Waals surface area (Å²) >= 11 is 2.30. The number of hydrogen-bond acceptors (Lipinski definition) is 4. The largest absolute Gasteiger partial charge is 0.465 e. The minimum absolute atomic E-state index is 0.177. The minimum Gasteiger partial charge on any atom is -0.465 e. The third-order valence-electron chi connectivity index (χ3n) is 5.36. The first-order valence-electron chi connectivity index (χ1n) is 9.73. The number of fused-ring (bicyclic) bond motifs is 1. The fourth-order valence-corrected chi connectivity index (χ4v) is 4.32. The summed E-state index contributed by atoms with van der Waals surface area (Å²) in [5.74, 6) is -0.177. The number of rotatable bonds is 4. The van der Waals surface area contributed by atoms with Crippen molar-refractivity contribution in [2.75, 3.05) is 11.6 Å². The van der Waals surface area contributed by atoms with Crippen LogP contribution in [0.2, 0.25) is 0 Å². The van der Waals surface area contributed by atoms with E-state index in [0.29, 0.717) is 6.61 Å². The van der Waals surface area contributed by atoms with Gasteiger partial charge < -0.3 is 4.74 Å². The fraction of sp³-hybridized carbons (Fsp3) is 0.304. The van der Waals surface area contributed by atoms with Crippen LogP contribution in [0.15, 0.2) is 65.8 Å². The van der Waals surface area contributed by atoms with Crippen LogP contribution in [0.25, 0.3) is 5.70 Å². The molecule has 1 aliphatic carbocycles. The number of hydrazone groups is 1. The number of ether oxygens (including phenoxy) is 1. The van der Waals surface area contributed by atoms with Gasteiger partial charge in [-0.2, -0.15) is 5.10 Å². The van der Waals surface area contributed by atoms with Crippen molar-refractivity contribution in [1.82, 2.24) is 0 Å². The number of halogens is 1. The van der Waals surface area contributed by atoms with Crippen molar-refractivity contribution >= 4 is 45.7 Å². The van der Waals surface area contributed by atoms with Crippen molar-refractivity contribution in [3.63, 3.8) is 0 Å². The second kappa shape index (κ2) is 8.07. The minimum atomic E-state index is -0.751. The van der Waals surface area contributed by atoms with Crippen LogP contribution < -0.4 is 5.01 Å². The molecule has 2 aromatic carbocycles. The van der Waals surface area contributed by atoms with E-state index in [1.165, 1.54) is 3.57 Å². The van der Waals surface area contributed by atoms with Crippen molar-refractivity contribution in [3.8, 4) is 0 Å². The highest BCUT2D eigenvalue weighted by Gasteiger charge is 2.47. The molecule has 0 aromatic heterocycles. The second-order valence-corrected chi connectivity index (χ2v) is 8.38. The highest BCUT2D eigenvalue weighted by Crippen LogP contribution is 2.44. The molecule has 0 amide bonds. The van der Waals surface area contributed by atoms with Crippen LogP contribution in [-0.4, -0.2) is 18.3 Å². The van der Waals surface area contributed by atoms with Crippen LogP contribution in [0.1, 0.15) is 38.2 Å². The summed E-state index contributed by atoms with van der Waals surface area (Å²) < 4.78 is 6.67. The quantitative estimate of drug-likeness (QED) is 0.416. The van der Waals surface area contributed by atoms with E-state index in [-0.39, 0.29) is 5.97 Å². The standard InChI is InChI=1S/C23H23IN2O2/c1-2-28-22(27)23-15-7-6-10-21(23)25-26(19-13-11-18(24)12-14-19)20(16-23)17-8-4-3-5-9-17/h3-5,8-9,11-14,16H,2,6-7,10,15H2,1H3. The van der Waals surface area contributed by atoms with Crippen LogP contribution in [0.3, 0.4) is 0 Å². The third-order valence-corrected chi connectivity index (χ3v) is 6.08. The van der Waals surface area contributed by atoms with Gasteiger partial charge in [0.2, 0.25) is 0 Å². The molecule has 4 rings (SSSR count). The summed E-state index contributed by atoms with van der Waals surface area (Å²) in [6.07, 6.45) is 5.72. The monoisotopic (exact) mass is 486 g/mol. The van der Waals surface area contributed by atoms with Crippen LogP contribution in [0.4, 0.5) is 5.69 Å². The van der Waals surface area contributed by atoms with E-state index in [1.807, 2.05) is 30.1 Å². The highest BCUT2D eigenvalue weighted by molar-refractivity contribution is 14.1. The zero-order valence-electron chi connectivity index (χ0n) is 15.9. The molecule has 2 aromatic rings. The molecule has 4 nitrogen and oxygen atoms in total. The molecule has 0 spiro atoms. The van der Waals surface area contributed by atoms with Gasteiger partial charge in [-0.15, -0.1) is 0 Å². The summed E-state index contributed by atoms with van der Waals surface area (Å²) in [5.41, 5.74) is 3.12. The SMILES string of the molecule is CCOC(=O)C12C=C(c3ccccc3)N(c3ccc(I)cc3)N=C1CCCC2. The highest BCUT2D eigenvalue weighted by atomic mass is 127. The molecule has 0 bridgehead atoms. The first-order valence-corrected chi connectivity index (χ1v) is 10.8.